The van der Waals surface area contributed by atoms with Gasteiger partial charge in [0.25, 0.3) is 10.0 Å². The van der Waals surface area contributed by atoms with Gasteiger partial charge in [-0.05, 0) is 62.7 Å². The Morgan fingerprint density at radius 1 is 1.03 bits per heavy atom. The van der Waals surface area contributed by atoms with Gasteiger partial charge in [0.2, 0.25) is 5.91 Å². The number of carbonyl (C=O) groups excluding carboxylic acids is 1. The molecule has 34 heavy (non-hydrogen) atoms. The fourth-order valence-electron chi connectivity index (χ4n) is 3.88. The first kappa shape index (κ1) is 23.7. The average Bonchev–Trinajstić information content (AvgIpc) is 3.12. The second kappa shape index (κ2) is 9.44. The van der Waals surface area contributed by atoms with E-state index in [1.54, 1.807) is 47.0 Å². The van der Waals surface area contributed by atoms with Gasteiger partial charge in [-0.1, -0.05) is 47.2 Å². The molecule has 1 aromatic heterocycles. The summed E-state index contributed by atoms with van der Waals surface area (Å²) >= 11 is 1.11. The lowest BCUT2D eigenvalue weighted by molar-refractivity contribution is -0.114. The van der Waals surface area contributed by atoms with Crippen molar-refractivity contribution in [1.82, 2.24) is 4.57 Å². The van der Waals surface area contributed by atoms with Crippen LogP contribution in [0.15, 0.2) is 76.4 Å². The first-order chi connectivity index (χ1) is 16.2. The summed E-state index contributed by atoms with van der Waals surface area (Å²) in [5, 5.41) is 2.79. The third-order valence-corrected chi connectivity index (χ3v) is 8.22. The molecule has 9 heteroatoms. The predicted octanol–water partition coefficient (Wildman–Crippen LogP) is 4.53. The van der Waals surface area contributed by atoms with Crippen LogP contribution in [0.5, 0.6) is 0 Å². The summed E-state index contributed by atoms with van der Waals surface area (Å²) in [5.74, 6) is -0.485. The molecule has 0 aliphatic heterocycles. The Kier molecular flexibility index (Phi) is 6.58. The van der Waals surface area contributed by atoms with E-state index in [1.165, 1.54) is 12.1 Å². The summed E-state index contributed by atoms with van der Waals surface area (Å²) in [4.78, 5) is 25.2. The zero-order valence-electron chi connectivity index (χ0n) is 19.1. The van der Waals surface area contributed by atoms with Gasteiger partial charge in [0.05, 0.1) is 20.8 Å². The summed E-state index contributed by atoms with van der Waals surface area (Å²) < 4.78 is 30.6. The monoisotopic (exact) mass is 495 g/mol. The highest BCUT2D eigenvalue weighted by atomic mass is 32.2. The number of hydrogen-bond donors (Lipinski definition) is 1. The van der Waals surface area contributed by atoms with Crippen LogP contribution in [-0.2, 0) is 21.4 Å². The Morgan fingerprint density at radius 2 is 1.76 bits per heavy atom. The van der Waals surface area contributed by atoms with E-state index >= 15 is 0 Å². The molecule has 0 saturated carbocycles. The van der Waals surface area contributed by atoms with Crippen molar-refractivity contribution in [2.75, 3.05) is 16.2 Å². The molecule has 0 aliphatic rings. The quantitative estimate of drug-likeness (QED) is 0.408. The molecule has 1 N–H and O–H groups in total. The van der Waals surface area contributed by atoms with Gasteiger partial charge in [0.1, 0.15) is 6.54 Å². The van der Waals surface area contributed by atoms with Crippen LogP contribution in [0.3, 0.4) is 0 Å². The summed E-state index contributed by atoms with van der Waals surface area (Å²) in [5.41, 5.74) is 3.49. The van der Waals surface area contributed by atoms with Crippen molar-refractivity contribution in [2.24, 2.45) is 0 Å². The van der Waals surface area contributed by atoms with Crippen LogP contribution < -0.4 is 14.5 Å². The lowest BCUT2D eigenvalue weighted by Gasteiger charge is -2.26. The highest BCUT2D eigenvalue weighted by Crippen LogP contribution is 2.28. The SMILES string of the molecule is CCn1c(=O)sc2cc(NC(=O)CN(c3ccc(C)cc3C)S(=O)(=O)c3ccccc3)ccc21. The minimum absolute atomic E-state index is 0.0593. The molecule has 4 rings (SSSR count). The topological polar surface area (TPSA) is 88.5 Å². The molecular weight excluding hydrogens is 470 g/mol. The average molecular weight is 496 g/mol. The highest BCUT2D eigenvalue weighted by Gasteiger charge is 2.28. The molecule has 0 atom stereocenters. The lowest BCUT2D eigenvalue weighted by Crippen LogP contribution is -2.38. The third kappa shape index (κ3) is 4.62. The molecule has 0 spiro atoms. The minimum Gasteiger partial charge on any atom is -0.324 e. The Balaban J connectivity index is 1.67. The largest absolute Gasteiger partial charge is 0.324 e. The Labute approximate surface area is 202 Å². The van der Waals surface area contributed by atoms with E-state index in [9.17, 15) is 18.0 Å². The van der Waals surface area contributed by atoms with Gasteiger partial charge in [-0.3, -0.25) is 18.5 Å². The predicted molar refractivity (Wildman–Crippen MR) is 137 cm³/mol. The van der Waals surface area contributed by atoms with E-state index in [4.69, 9.17) is 0 Å². The molecular formula is C25H25N3O4S2. The van der Waals surface area contributed by atoms with Crippen molar-refractivity contribution in [3.05, 3.63) is 87.5 Å². The van der Waals surface area contributed by atoms with Crippen molar-refractivity contribution in [3.63, 3.8) is 0 Å². The molecule has 0 fully saturated rings. The van der Waals surface area contributed by atoms with E-state index in [1.807, 2.05) is 32.9 Å². The van der Waals surface area contributed by atoms with Crippen molar-refractivity contribution >= 4 is 48.9 Å². The van der Waals surface area contributed by atoms with E-state index < -0.39 is 22.5 Å². The maximum absolute atomic E-state index is 13.5. The standard InChI is InChI=1S/C25H25N3O4S2/c1-4-27-22-13-11-19(15-23(22)33-25(27)30)26-24(29)16-28(21-12-10-17(2)14-18(21)3)34(31,32)20-8-6-5-7-9-20/h5-15H,4,16H2,1-3H3,(H,26,29). The number of nitrogens with one attached hydrogen (secondary N) is 1. The Bertz CT molecular complexity index is 1520. The lowest BCUT2D eigenvalue weighted by atomic mass is 10.1. The number of carbonyl (C=O) groups is 1. The molecule has 1 heterocycles. The number of thiazole rings is 1. The number of rotatable bonds is 7. The summed E-state index contributed by atoms with van der Waals surface area (Å²) in [7, 11) is -3.99. The van der Waals surface area contributed by atoms with Crippen LogP contribution >= 0.6 is 11.3 Å². The fourth-order valence-corrected chi connectivity index (χ4v) is 6.38. The second-order valence-corrected chi connectivity index (χ2v) is 10.8. The number of fused-ring (bicyclic) bond motifs is 1. The number of anilines is 2. The van der Waals surface area contributed by atoms with Gasteiger partial charge < -0.3 is 5.32 Å². The molecule has 7 nitrogen and oxygen atoms in total. The third-order valence-electron chi connectivity index (χ3n) is 5.51. The van der Waals surface area contributed by atoms with Gasteiger partial charge in [-0.15, -0.1) is 0 Å². The first-order valence-corrected chi connectivity index (χ1v) is 13.0. The molecule has 176 valence electrons. The van der Waals surface area contributed by atoms with Crippen LogP contribution in [-0.4, -0.2) is 25.4 Å². The van der Waals surface area contributed by atoms with Crippen LogP contribution in [0.1, 0.15) is 18.1 Å². The maximum Gasteiger partial charge on any atom is 0.308 e. The van der Waals surface area contributed by atoms with Gasteiger partial charge in [0, 0.05) is 12.2 Å². The van der Waals surface area contributed by atoms with E-state index in [2.05, 4.69) is 5.32 Å². The second-order valence-electron chi connectivity index (χ2n) is 7.96. The van der Waals surface area contributed by atoms with E-state index in [-0.39, 0.29) is 9.77 Å². The van der Waals surface area contributed by atoms with E-state index in [0.717, 1.165) is 37.0 Å². The van der Waals surface area contributed by atoms with Crippen LogP contribution in [0.2, 0.25) is 0 Å². The molecule has 0 radical (unpaired) electrons. The Hall–Kier alpha value is -3.43. The number of hydrogen-bond acceptors (Lipinski definition) is 5. The van der Waals surface area contributed by atoms with Crippen molar-refractivity contribution < 1.29 is 13.2 Å². The highest BCUT2D eigenvalue weighted by molar-refractivity contribution is 7.92. The molecule has 1 amide bonds. The maximum atomic E-state index is 13.5. The zero-order valence-corrected chi connectivity index (χ0v) is 20.7. The number of nitrogens with zero attached hydrogens (tertiary/aromatic N) is 2. The first-order valence-electron chi connectivity index (χ1n) is 10.8. The summed E-state index contributed by atoms with van der Waals surface area (Å²) in [6, 6.07) is 18.7. The zero-order chi connectivity index (χ0) is 24.5. The van der Waals surface area contributed by atoms with Gasteiger partial charge in [-0.2, -0.15) is 0 Å². The fraction of sp³-hybridized carbons (Fsp3) is 0.200. The number of aryl methyl sites for hydroxylation is 3. The molecule has 0 bridgehead atoms. The van der Waals surface area contributed by atoms with Gasteiger partial charge in [-0.25, -0.2) is 8.42 Å². The van der Waals surface area contributed by atoms with Gasteiger partial charge in [0.15, 0.2) is 0 Å². The van der Waals surface area contributed by atoms with Crippen LogP contribution in [0.4, 0.5) is 11.4 Å². The number of sulfonamides is 1. The number of amides is 1. The summed E-state index contributed by atoms with van der Waals surface area (Å²) in [6.07, 6.45) is 0. The molecule has 0 saturated heterocycles. The smallest absolute Gasteiger partial charge is 0.308 e. The van der Waals surface area contributed by atoms with Crippen LogP contribution in [0, 0.1) is 13.8 Å². The molecule has 4 aromatic rings. The summed E-state index contributed by atoms with van der Waals surface area (Å²) in [6.45, 7) is 5.81. The van der Waals surface area contributed by atoms with Crippen molar-refractivity contribution in [1.29, 1.82) is 0 Å². The van der Waals surface area contributed by atoms with Crippen molar-refractivity contribution in [2.45, 2.75) is 32.2 Å². The molecule has 0 unspecified atom stereocenters. The molecule has 0 aliphatic carbocycles. The van der Waals surface area contributed by atoms with Crippen LogP contribution in [0.25, 0.3) is 10.2 Å². The van der Waals surface area contributed by atoms with E-state index in [0.29, 0.717) is 17.9 Å². The normalized spacial score (nSPS) is 11.5. The number of aromatic nitrogens is 1. The van der Waals surface area contributed by atoms with Crippen molar-refractivity contribution in [3.8, 4) is 0 Å². The number of benzene rings is 3. The Morgan fingerprint density at radius 3 is 2.44 bits per heavy atom. The van der Waals surface area contributed by atoms with Gasteiger partial charge >= 0.3 is 4.87 Å². The molecule has 3 aromatic carbocycles. The minimum atomic E-state index is -3.99.